The number of hydrogen-bond acceptors (Lipinski definition) is 13. The molecule has 458 valence electrons. The van der Waals surface area contributed by atoms with Gasteiger partial charge >= 0.3 is 0 Å². The average Bonchev–Trinajstić information content (AvgIpc) is 3.43. The van der Waals surface area contributed by atoms with E-state index in [1.165, 1.54) is 225 Å². The van der Waals surface area contributed by atoms with Crippen LogP contribution in [0.25, 0.3) is 0 Å². The summed E-state index contributed by atoms with van der Waals surface area (Å²) in [5.41, 5.74) is 0. The SMILES string of the molecule is CCCCCCCCCCCCCCCCCCCCCCCCCCCCCCCCCCCC(O)C(COC1OC(CO)C(OC2OC(CO)C(O)C(O)C2O)C(O)C1O)NC(=O)CCCCCCCCCCCC. The van der Waals surface area contributed by atoms with Crippen LogP contribution in [0.3, 0.4) is 0 Å². The van der Waals surface area contributed by atoms with Crippen molar-refractivity contribution in [3.05, 3.63) is 0 Å². The van der Waals surface area contributed by atoms with E-state index in [0.717, 1.165) is 51.4 Å². The van der Waals surface area contributed by atoms with Crippen molar-refractivity contribution in [2.24, 2.45) is 0 Å². The third-order valence-corrected chi connectivity index (χ3v) is 16.6. The van der Waals surface area contributed by atoms with Crippen molar-refractivity contribution in [2.75, 3.05) is 19.8 Å². The Labute approximate surface area is 470 Å². The summed E-state index contributed by atoms with van der Waals surface area (Å²) in [6.07, 6.45) is 40.1. The summed E-state index contributed by atoms with van der Waals surface area (Å²) in [4.78, 5) is 13.2. The van der Waals surface area contributed by atoms with E-state index in [4.69, 9.17) is 18.9 Å². The van der Waals surface area contributed by atoms with E-state index < -0.39 is 86.8 Å². The molecule has 1 amide bonds. The smallest absolute Gasteiger partial charge is 0.220 e. The van der Waals surface area contributed by atoms with Gasteiger partial charge in [0.15, 0.2) is 12.6 Å². The Morgan fingerprint density at radius 3 is 1.10 bits per heavy atom. The molecule has 14 heteroatoms. The number of hydrogen-bond donors (Lipinski definition) is 9. The second-order valence-electron chi connectivity index (χ2n) is 23.6. The van der Waals surface area contributed by atoms with Gasteiger partial charge in [0.2, 0.25) is 5.91 Å². The summed E-state index contributed by atoms with van der Waals surface area (Å²) in [6.45, 7) is 2.88. The minimum atomic E-state index is -1.78. The van der Waals surface area contributed by atoms with Gasteiger partial charge in [0.05, 0.1) is 32.0 Å². The third-order valence-electron chi connectivity index (χ3n) is 16.6. The van der Waals surface area contributed by atoms with E-state index >= 15 is 0 Å². The fourth-order valence-electron chi connectivity index (χ4n) is 11.3. The fourth-order valence-corrected chi connectivity index (χ4v) is 11.3. The van der Waals surface area contributed by atoms with Crippen LogP contribution in [0.2, 0.25) is 0 Å². The first kappa shape index (κ1) is 72.1. The number of carbonyl (C=O) groups is 1. The van der Waals surface area contributed by atoms with E-state index in [9.17, 15) is 45.6 Å². The largest absolute Gasteiger partial charge is 0.394 e. The molecule has 2 aliphatic rings. The van der Waals surface area contributed by atoms with Crippen molar-refractivity contribution in [2.45, 2.75) is 376 Å². The molecule has 12 unspecified atom stereocenters. The van der Waals surface area contributed by atoms with E-state index in [0.29, 0.717) is 12.8 Å². The van der Waals surface area contributed by atoms with Crippen LogP contribution in [0.4, 0.5) is 0 Å². The van der Waals surface area contributed by atoms with Gasteiger partial charge in [-0.25, -0.2) is 0 Å². The summed E-state index contributed by atoms with van der Waals surface area (Å²) in [7, 11) is 0. The minimum absolute atomic E-state index is 0.204. The van der Waals surface area contributed by atoms with Crippen molar-refractivity contribution in [1.29, 1.82) is 0 Å². The quantitative estimate of drug-likeness (QED) is 0.0259. The average molecular weight is 1100 g/mol. The van der Waals surface area contributed by atoms with Crippen LogP contribution in [-0.4, -0.2) is 140 Å². The molecule has 0 saturated carbocycles. The van der Waals surface area contributed by atoms with Gasteiger partial charge in [-0.1, -0.05) is 284 Å². The molecule has 2 heterocycles. The fraction of sp³-hybridized carbons (Fsp3) is 0.984. The van der Waals surface area contributed by atoms with E-state index in [2.05, 4.69) is 19.2 Å². The standard InChI is InChI=1S/C63H123NO13/c1-3-5-7-9-11-13-15-16-17-18-19-20-21-22-23-24-25-26-27-28-29-30-31-32-33-34-35-36-37-38-40-42-44-46-52(67)51(64-55(68)47-45-43-41-39-14-12-10-8-6-4-2)50-74-62-60(73)58(71)61(54(49-66)76-62)77-63-59(72)57(70)56(69)53(48-65)75-63/h51-54,56-63,65-67,69-73H,3-50H2,1-2H3,(H,64,68). The normalized spacial score (nSPS) is 24.6. The van der Waals surface area contributed by atoms with Gasteiger partial charge in [-0.05, 0) is 12.8 Å². The molecule has 0 aromatic heterocycles. The van der Waals surface area contributed by atoms with Crippen molar-refractivity contribution >= 4 is 5.91 Å². The Balaban J connectivity index is 1.58. The zero-order valence-corrected chi connectivity index (χ0v) is 49.5. The number of ether oxygens (including phenoxy) is 4. The van der Waals surface area contributed by atoms with Crippen molar-refractivity contribution in [3.63, 3.8) is 0 Å². The predicted molar refractivity (Wildman–Crippen MR) is 309 cm³/mol. The molecular formula is C63H123NO13. The number of unbranched alkanes of at least 4 members (excludes halogenated alkanes) is 41. The molecule has 2 rings (SSSR count). The monoisotopic (exact) mass is 1100 g/mol. The van der Waals surface area contributed by atoms with Crippen LogP contribution < -0.4 is 5.32 Å². The van der Waals surface area contributed by atoms with Gasteiger partial charge in [0, 0.05) is 6.42 Å². The van der Waals surface area contributed by atoms with Crippen LogP contribution in [0, 0.1) is 0 Å². The van der Waals surface area contributed by atoms with Crippen LogP contribution in [0.15, 0.2) is 0 Å². The van der Waals surface area contributed by atoms with Gasteiger partial charge in [-0.15, -0.1) is 0 Å². The molecule has 9 N–H and O–H groups in total. The Bertz CT molecular complexity index is 1300. The molecule has 0 aromatic rings. The molecule has 0 radical (unpaired) electrons. The number of amides is 1. The van der Waals surface area contributed by atoms with Gasteiger partial charge in [0.25, 0.3) is 0 Å². The van der Waals surface area contributed by atoms with E-state index in [-0.39, 0.29) is 12.5 Å². The Morgan fingerprint density at radius 2 is 0.740 bits per heavy atom. The number of aliphatic hydroxyl groups excluding tert-OH is 8. The minimum Gasteiger partial charge on any atom is -0.394 e. The Morgan fingerprint density at radius 1 is 0.416 bits per heavy atom. The first-order valence-corrected chi connectivity index (χ1v) is 32.8. The molecule has 0 aliphatic carbocycles. The molecule has 2 aliphatic heterocycles. The maximum Gasteiger partial charge on any atom is 0.220 e. The maximum absolute atomic E-state index is 13.2. The Kier molecular flexibility index (Phi) is 46.4. The molecule has 0 aromatic carbocycles. The Hall–Kier alpha value is -1.01. The van der Waals surface area contributed by atoms with Crippen LogP contribution in [0.5, 0.6) is 0 Å². The van der Waals surface area contributed by atoms with Crippen LogP contribution >= 0.6 is 0 Å². The molecule has 77 heavy (non-hydrogen) atoms. The summed E-state index contributed by atoms with van der Waals surface area (Å²) < 4.78 is 22.8. The maximum atomic E-state index is 13.2. The van der Waals surface area contributed by atoms with Crippen molar-refractivity contribution < 1.29 is 64.6 Å². The van der Waals surface area contributed by atoms with Gasteiger partial charge in [-0.2, -0.15) is 0 Å². The zero-order valence-electron chi connectivity index (χ0n) is 49.5. The topological polar surface area (TPSA) is 228 Å². The summed E-state index contributed by atoms with van der Waals surface area (Å²) in [5.74, 6) is -0.204. The lowest BCUT2D eigenvalue weighted by molar-refractivity contribution is -0.359. The van der Waals surface area contributed by atoms with E-state index in [1.54, 1.807) is 0 Å². The second-order valence-corrected chi connectivity index (χ2v) is 23.6. The molecule has 12 atom stereocenters. The molecule has 0 bridgehead atoms. The summed E-state index contributed by atoms with van der Waals surface area (Å²) >= 11 is 0. The van der Waals surface area contributed by atoms with Gasteiger partial charge < -0.3 is 65.1 Å². The first-order chi connectivity index (χ1) is 37.6. The lowest BCUT2D eigenvalue weighted by Crippen LogP contribution is -2.65. The number of rotatable bonds is 54. The van der Waals surface area contributed by atoms with Crippen LogP contribution in [-0.2, 0) is 23.7 Å². The van der Waals surface area contributed by atoms with Gasteiger partial charge in [0.1, 0.15) is 48.8 Å². The summed E-state index contributed by atoms with van der Waals surface area (Å²) in [6, 6.07) is -0.822. The first-order valence-electron chi connectivity index (χ1n) is 32.8. The van der Waals surface area contributed by atoms with E-state index in [1.807, 2.05) is 0 Å². The molecule has 2 fully saturated rings. The summed E-state index contributed by atoms with van der Waals surface area (Å²) in [5, 5.41) is 87.2. The predicted octanol–water partition coefficient (Wildman–Crippen LogP) is 12.1. The molecular weight excluding hydrogens is 979 g/mol. The van der Waals surface area contributed by atoms with Crippen molar-refractivity contribution in [1.82, 2.24) is 5.32 Å². The second kappa shape index (κ2) is 49.6. The number of nitrogens with one attached hydrogen (secondary N) is 1. The highest BCUT2D eigenvalue weighted by molar-refractivity contribution is 5.76. The zero-order chi connectivity index (χ0) is 56.0. The highest BCUT2D eigenvalue weighted by Crippen LogP contribution is 2.30. The third kappa shape index (κ3) is 34.9. The molecule has 14 nitrogen and oxygen atoms in total. The van der Waals surface area contributed by atoms with Crippen molar-refractivity contribution in [3.8, 4) is 0 Å². The lowest BCUT2D eigenvalue weighted by atomic mass is 9.97. The van der Waals surface area contributed by atoms with Crippen LogP contribution in [0.1, 0.15) is 303 Å². The number of aliphatic hydroxyl groups is 8. The van der Waals surface area contributed by atoms with Gasteiger partial charge in [-0.3, -0.25) is 4.79 Å². The highest BCUT2D eigenvalue weighted by atomic mass is 16.7. The molecule has 2 saturated heterocycles. The highest BCUT2D eigenvalue weighted by Gasteiger charge is 2.51. The number of carbonyl (C=O) groups excluding carboxylic acids is 1. The lowest BCUT2D eigenvalue weighted by Gasteiger charge is -2.46. The molecule has 0 spiro atoms.